The van der Waals surface area contributed by atoms with E-state index in [1.54, 1.807) is 0 Å². The summed E-state index contributed by atoms with van der Waals surface area (Å²) in [6.45, 7) is 0. The van der Waals surface area contributed by atoms with Crippen molar-refractivity contribution in [1.82, 2.24) is 0 Å². The number of rotatable bonds is 1. The van der Waals surface area contributed by atoms with Crippen LogP contribution >= 0.6 is 0 Å². The minimum absolute atomic E-state index is 1.17. The molecule has 0 heterocycles. The third kappa shape index (κ3) is 1.35. The van der Waals surface area contributed by atoms with Gasteiger partial charge in [-0.25, -0.2) is 0 Å². The molecule has 0 aromatic carbocycles. The van der Waals surface area contributed by atoms with E-state index in [-0.39, 0.29) is 0 Å². The van der Waals surface area contributed by atoms with E-state index in [2.05, 4.69) is 6.08 Å². The Kier molecular flexibility index (Phi) is 2.12. The summed E-state index contributed by atoms with van der Waals surface area (Å²) in [6, 6.07) is 0. The molecule has 0 N–H and O–H groups in total. The summed E-state index contributed by atoms with van der Waals surface area (Å²) in [5.74, 6) is 0. The van der Waals surface area contributed by atoms with Crippen molar-refractivity contribution in [3.8, 4) is 0 Å². The molecule has 0 radical (unpaired) electrons. The zero-order valence-corrected chi connectivity index (χ0v) is 6.78. The van der Waals surface area contributed by atoms with Crippen LogP contribution in [-0.2, 0) is 18.1 Å². The summed E-state index contributed by atoms with van der Waals surface area (Å²) in [4.78, 5) is 0. The van der Waals surface area contributed by atoms with Crippen molar-refractivity contribution in [2.24, 2.45) is 0 Å². The number of allylic oxidation sites excluding steroid dienone is 6. The molecule has 0 spiro atoms. The van der Waals surface area contributed by atoms with Crippen LogP contribution in [0.25, 0.3) is 0 Å². The van der Waals surface area contributed by atoms with Crippen molar-refractivity contribution < 1.29 is 18.1 Å². The van der Waals surface area contributed by atoms with Gasteiger partial charge >= 0.3 is 58.7 Å². The molecule has 0 bridgehead atoms. The van der Waals surface area contributed by atoms with Crippen molar-refractivity contribution in [3.63, 3.8) is 0 Å². The van der Waals surface area contributed by atoms with Gasteiger partial charge in [-0.1, -0.05) is 0 Å². The van der Waals surface area contributed by atoms with Crippen LogP contribution in [0.4, 0.5) is 0 Å². The normalized spacial score (nSPS) is 20.4. The molecule has 0 aromatic rings. The van der Waals surface area contributed by atoms with Gasteiger partial charge in [0.05, 0.1) is 0 Å². The van der Waals surface area contributed by atoms with Crippen molar-refractivity contribution >= 4 is 4.57 Å². The molecule has 1 heteroatoms. The van der Waals surface area contributed by atoms with E-state index in [0.717, 1.165) is 0 Å². The van der Waals surface area contributed by atoms with Crippen molar-refractivity contribution in [2.45, 2.75) is 0 Å². The number of hydrogen-bond acceptors (Lipinski definition) is 0. The average Bonchev–Trinajstić information content (AvgIpc) is 2.19. The maximum absolute atomic E-state index is 3.06. The molecule has 0 fully saturated rings. The van der Waals surface area contributed by atoms with E-state index in [1.807, 2.05) is 47.0 Å². The van der Waals surface area contributed by atoms with Crippen LogP contribution in [0.1, 0.15) is 0 Å². The third-order valence-corrected chi connectivity index (χ3v) is 1.28. The second-order valence-electron chi connectivity index (χ2n) is 1.41. The van der Waals surface area contributed by atoms with Gasteiger partial charge in [-0.2, -0.15) is 0 Å². The van der Waals surface area contributed by atoms with Crippen LogP contribution < -0.4 is 0 Å². The summed E-state index contributed by atoms with van der Waals surface area (Å²) in [5, 5.41) is 0. The molecular weight excluding hydrogens is 274 g/mol. The summed E-state index contributed by atoms with van der Waals surface area (Å²) in [7, 11) is 0. The Morgan fingerprint density at radius 1 is 1.62 bits per heavy atom. The molecule has 1 aliphatic rings. The first-order valence-corrected chi connectivity index (χ1v) is 3.79. The van der Waals surface area contributed by atoms with Gasteiger partial charge in [0.2, 0.25) is 0 Å². The van der Waals surface area contributed by atoms with Crippen LogP contribution in [0.3, 0.4) is 0 Å². The Morgan fingerprint density at radius 3 is 3.00 bits per heavy atom. The molecule has 0 saturated heterocycles. The number of hydrogen-bond donors (Lipinski definition) is 0. The Balaban J connectivity index is 2.74. The zero-order chi connectivity index (χ0) is 5.82. The van der Waals surface area contributed by atoms with E-state index >= 15 is 0 Å². The van der Waals surface area contributed by atoms with Gasteiger partial charge < -0.3 is 0 Å². The Morgan fingerprint density at radius 2 is 2.50 bits per heavy atom. The van der Waals surface area contributed by atoms with Crippen LogP contribution in [-0.4, -0.2) is 4.57 Å². The average molecular weight is 279 g/mol. The van der Waals surface area contributed by atoms with Crippen LogP contribution in [0, 0.1) is 6.08 Å². The van der Waals surface area contributed by atoms with E-state index in [9.17, 15) is 0 Å². The second-order valence-corrected chi connectivity index (χ2v) is 2.26. The van der Waals surface area contributed by atoms with E-state index in [0.29, 0.717) is 0 Å². The predicted molar refractivity (Wildman–Crippen MR) is 31.1 cm³/mol. The fraction of sp³-hybridized carbons (Fsp3) is 0. The van der Waals surface area contributed by atoms with E-state index in [1.165, 1.54) is 5.57 Å². The van der Waals surface area contributed by atoms with Gasteiger partial charge in [0.25, 0.3) is 0 Å². The predicted octanol–water partition coefficient (Wildman–Crippen LogP) is 1.19. The first-order chi connectivity index (χ1) is 3.93. The summed E-state index contributed by atoms with van der Waals surface area (Å²) < 4.78 is 2.03. The van der Waals surface area contributed by atoms with Gasteiger partial charge in [-0.05, 0) is 0 Å². The van der Waals surface area contributed by atoms with Crippen LogP contribution in [0.5, 0.6) is 0 Å². The van der Waals surface area contributed by atoms with Crippen LogP contribution in [0.15, 0.2) is 29.9 Å². The minimum atomic E-state index is 1.17. The molecule has 0 atom stereocenters. The molecule has 0 amide bonds. The van der Waals surface area contributed by atoms with Crippen molar-refractivity contribution in [1.29, 1.82) is 0 Å². The zero-order valence-electron chi connectivity index (χ0n) is 4.24. The van der Waals surface area contributed by atoms with Gasteiger partial charge in [-0.3, -0.25) is 0 Å². The Hall–Kier alpha value is -0.274. The molecule has 0 unspecified atom stereocenters. The summed E-state index contributed by atoms with van der Waals surface area (Å²) in [5.41, 5.74) is 1.17. The second kappa shape index (κ2) is 2.90. The first kappa shape index (κ1) is 5.86. The van der Waals surface area contributed by atoms with Gasteiger partial charge in [0, 0.05) is 0 Å². The monoisotopic (exact) mass is 281 g/mol. The molecular formula is C7H5Os-. The molecule has 8 heavy (non-hydrogen) atoms. The van der Waals surface area contributed by atoms with Gasteiger partial charge in [0.15, 0.2) is 0 Å². The molecule has 0 aromatic heterocycles. The maximum atomic E-state index is 3.06. The molecule has 1 rings (SSSR count). The fourth-order valence-electron chi connectivity index (χ4n) is 0.511. The molecule has 0 nitrogen and oxygen atoms in total. The van der Waals surface area contributed by atoms with Crippen LogP contribution in [0.2, 0.25) is 0 Å². The van der Waals surface area contributed by atoms with E-state index in [4.69, 9.17) is 0 Å². The quantitative estimate of drug-likeness (QED) is 0.633. The topological polar surface area (TPSA) is 0 Å². The third-order valence-electron chi connectivity index (χ3n) is 0.860. The van der Waals surface area contributed by atoms with Gasteiger partial charge in [0.1, 0.15) is 0 Å². The van der Waals surface area contributed by atoms with E-state index < -0.39 is 0 Å². The fourth-order valence-corrected chi connectivity index (χ4v) is 0.968. The Bertz CT molecular complexity index is 159. The SMILES string of the molecule is [Os]=[CH]/C=C1\[C-]=CC=C1. The first-order valence-electron chi connectivity index (χ1n) is 2.32. The molecule has 0 aliphatic heterocycles. The molecule has 0 saturated carbocycles. The Labute approximate surface area is 59.0 Å². The molecule has 42 valence electrons. The van der Waals surface area contributed by atoms with Crippen molar-refractivity contribution in [3.05, 3.63) is 36.0 Å². The van der Waals surface area contributed by atoms with Crippen molar-refractivity contribution in [2.75, 3.05) is 0 Å². The summed E-state index contributed by atoms with van der Waals surface area (Å²) >= 11 is 1.83. The standard InChI is InChI=1S/C7H5.Os/c1-2-7-5-3-4-6-7;/h1-5H;/q-1;/b7-2-;. The van der Waals surface area contributed by atoms with Gasteiger partial charge in [-0.15, -0.1) is 0 Å². The summed E-state index contributed by atoms with van der Waals surface area (Å²) in [6.07, 6.45) is 11.0. The molecule has 1 aliphatic carbocycles.